The molecule has 5 nitrogen and oxygen atoms in total. The number of carbonyl (C=O) groups is 1. The van der Waals surface area contributed by atoms with Crippen molar-refractivity contribution in [2.75, 3.05) is 27.9 Å². The first kappa shape index (κ1) is 14.3. The summed E-state index contributed by atoms with van der Waals surface area (Å²) >= 11 is 0. The van der Waals surface area contributed by atoms with Crippen molar-refractivity contribution >= 4 is 5.91 Å². The van der Waals surface area contributed by atoms with Gasteiger partial charge in [-0.25, -0.2) is 0 Å². The lowest BCUT2D eigenvalue weighted by atomic mass is 10.0. The SMILES string of the molecule is CCC(C)(OC)C(=O)NCC(OC)OC. The molecule has 0 aliphatic heterocycles. The molecule has 0 aliphatic carbocycles. The first-order valence-electron chi connectivity index (χ1n) is 4.93. The molecule has 5 heteroatoms. The maximum atomic E-state index is 11.7. The zero-order valence-corrected chi connectivity index (χ0v) is 10.1. The summed E-state index contributed by atoms with van der Waals surface area (Å²) in [5.74, 6) is -0.161. The fourth-order valence-electron chi connectivity index (χ4n) is 1.02. The molecule has 15 heavy (non-hydrogen) atoms. The first-order chi connectivity index (χ1) is 7.03. The molecule has 0 aromatic heterocycles. The van der Waals surface area contributed by atoms with Crippen LogP contribution in [0.1, 0.15) is 20.3 Å². The van der Waals surface area contributed by atoms with E-state index >= 15 is 0 Å². The van der Waals surface area contributed by atoms with Gasteiger partial charge in [0.25, 0.3) is 5.91 Å². The Morgan fingerprint density at radius 1 is 1.33 bits per heavy atom. The van der Waals surface area contributed by atoms with Crippen LogP contribution in [0, 0.1) is 0 Å². The van der Waals surface area contributed by atoms with Crippen molar-refractivity contribution in [3.63, 3.8) is 0 Å². The minimum atomic E-state index is -0.786. The third kappa shape index (κ3) is 4.15. The Morgan fingerprint density at radius 3 is 2.20 bits per heavy atom. The van der Waals surface area contributed by atoms with Crippen molar-refractivity contribution < 1.29 is 19.0 Å². The van der Waals surface area contributed by atoms with Crippen LogP contribution in [-0.4, -0.2) is 45.7 Å². The van der Waals surface area contributed by atoms with E-state index in [0.29, 0.717) is 13.0 Å². The number of nitrogens with one attached hydrogen (secondary N) is 1. The minimum Gasteiger partial charge on any atom is -0.369 e. The largest absolute Gasteiger partial charge is 0.369 e. The van der Waals surface area contributed by atoms with E-state index in [1.807, 2.05) is 6.92 Å². The third-order valence-electron chi connectivity index (χ3n) is 2.56. The van der Waals surface area contributed by atoms with E-state index in [9.17, 15) is 4.79 Å². The van der Waals surface area contributed by atoms with Gasteiger partial charge in [-0.1, -0.05) is 6.92 Å². The molecule has 0 fully saturated rings. The minimum absolute atomic E-state index is 0.161. The molecular weight excluding hydrogens is 198 g/mol. The van der Waals surface area contributed by atoms with Crippen molar-refractivity contribution in [2.24, 2.45) is 0 Å². The van der Waals surface area contributed by atoms with E-state index in [-0.39, 0.29) is 5.91 Å². The van der Waals surface area contributed by atoms with Gasteiger partial charge in [-0.2, -0.15) is 0 Å². The smallest absolute Gasteiger partial charge is 0.252 e. The number of rotatable bonds is 7. The van der Waals surface area contributed by atoms with Crippen molar-refractivity contribution in [1.82, 2.24) is 5.32 Å². The van der Waals surface area contributed by atoms with E-state index in [1.54, 1.807) is 6.92 Å². The Kier molecular flexibility index (Phi) is 6.47. The lowest BCUT2D eigenvalue weighted by molar-refractivity contribution is -0.146. The number of hydrogen-bond acceptors (Lipinski definition) is 4. The molecule has 1 atom stereocenters. The van der Waals surface area contributed by atoms with Gasteiger partial charge in [0.15, 0.2) is 6.29 Å². The predicted octanol–water partition coefficient (Wildman–Crippen LogP) is 0.537. The fourth-order valence-corrected chi connectivity index (χ4v) is 1.02. The summed E-state index contributed by atoms with van der Waals surface area (Å²) in [6.07, 6.45) is 0.187. The first-order valence-corrected chi connectivity index (χ1v) is 4.93. The second-order valence-corrected chi connectivity index (χ2v) is 3.40. The number of ether oxygens (including phenoxy) is 3. The number of methoxy groups -OCH3 is 3. The van der Waals surface area contributed by atoms with E-state index in [1.165, 1.54) is 21.3 Å². The predicted molar refractivity (Wildman–Crippen MR) is 56.5 cm³/mol. The van der Waals surface area contributed by atoms with Crippen molar-refractivity contribution in [3.05, 3.63) is 0 Å². The van der Waals surface area contributed by atoms with Gasteiger partial charge in [0.2, 0.25) is 0 Å². The summed E-state index contributed by atoms with van der Waals surface area (Å²) in [5, 5.41) is 2.71. The Morgan fingerprint density at radius 2 is 1.87 bits per heavy atom. The Labute approximate surface area is 91.1 Å². The van der Waals surface area contributed by atoms with E-state index in [0.717, 1.165) is 0 Å². The highest BCUT2D eigenvalue weighted by atomic mass is 16.7. The summed E-state index contributed by atoms with van der Waals surface area (Å²) in [6.45, 7) is 3.95. The monoisotopic (exact) mass is 219 g/mol. The molecule has 0 saturated heterocycles. The zero-order valence-electron chi connectivity index (χ0n) is 10.1. The molecule has 90 valence electrons. The second-order valence-electron chi connectivity index (χ2n) is 3.40. The molecule has 0 saturated carbocycles. The average Bonchev–Trinajstić information content (AvgIpc) is 2.29. The van der Waals surface area contributed by atoms with Crippen LogP contribution in [0.2, 0.25) is 0 Å². The van der Waals surface area contributed by atoms with Crippen LogP contribution in [0.25, 0.3) is 0 Å². The molecule has 0 radical (unpaired) electrons. The van der Waals surface area contributed by atoms with Crippen molar-refractivity contribution in [1.29, 1.82) is 0 Å². The van der Waals surface area contributed by atoms with Crippen LogP contribution < -0.4 is 5.32 Å². The fraction of sp³-hybridized carbons (Fsp3) is 0.900. The molecule has 0 bridgehead atoms. The third-order valence-corrected chi connectivity index (χ3v) is 2.56. The van der Waals surface area contributed by atoms with Gasteiger partial charge in [0, 0.05) is 21.3 Å². The standard InChI is InChI=1S/C10H21NO4/c1-6-10(2,15-5)9(12)11-7-8(13-3)14-4/h8H,6-7H2,1-5H3,(H,11,12). The van der Waals surface area contributed by atoms with E-state index in [2.05, 4.69) is 5.32 Å². The summed E-state index contributed by atoms with van der Waals surface area (Å²) in [4.78, 5) is 11.7. The summed E-state index contributed by atoms with van der Waals surface area (Å²) in [6, 6.07) is 0. The number of carbonyl (C=O) groups excluding carboxylic acids is 1. The molecule has 1 unspecified atom stereocenters. The summed E-state index contributed by atoms with van der Waals surface area (Å²) < 4.78 is 15.1. The molecule has 0 rings (SSSR count). The van der Waals surface area contributed by atoms with Crippen LogP contribution in [0.3, 0.4) is 0 Å². The molecular formula is C10H21NO4. The van der Waals surface area contributed by atoms with Gasteiger partial charge in [-0.05, 0) is 13.3 Å². The number of hydrogen-bond donors (Lipinski definition) is 1. The van der Waals surface area contributed by atoms with Gasteiger partial charge in [0.05, 0.1) is 6.54 Å². The number of amides is 1. The van der Waals surface area contributed by atoms with Crippen LogP contribution >= 0.6 is 0 Å². The lowest BCUT2D eigenvalue weighted by Crippen LogP contribution is -2.48. The molecule has 0 spiro atoms. The van der Waals surface area contributed by atoms with Gasteiger partial charge >= 0.3 is 0 Å². The van der Waals surface area contributed by atoms with Gasteiger partial charge in [0.1, 0.15) is 5.60 Å². The lowest BCUT2D eigenvalue weighted by Gasteiger charge is -2.26. The van der Waals surface area contributed by atoms with Crippen LogP contribution in [0.15, 0.2) is 0 Å². The van der Waals surface area contributed by atoms with Crippen molar-refractivity contribution in [3.8, 4) is 0 Å². The average molecular weight is 219 g/mol. The molecule has 0 aromatic carbocycles. The Hall–Kier alpha value is -0.650. The molecule has 0 aliphatic rings. The summed E-state index contributed by atoms with van der Waals surface area (Å²) in [7, 11) is 4.57. The van der Waals surface area contributed by atoms with Crippen molar-refractivity contribution in [2.45, 2.75) is 32.2 Å². The second kappa shape index (κ2) is 6.76. The normalized spacial score (nSPS) is 15.1. The molecule has 1 amide bonds. The van der Waals surface area contributed by atoms with Gasteiger partial charge in [-0.15, -0.1) is 0 Å². The highest BCUT2D eigenvalue weighted by molar-refractivity contribution is 5.84. The van der Waals surface area contributed by atoms with E-state index in [4.69, 9.17) is 14.2 Å². The highest BCUT2D eigenvalue weighted by Crippen LogP contribution is 2.13. The molecule has 0 heterocycles. The van der Waals surface area contributed by atoms with Crippen LogP contribution in [0.4, 0.5) is 0 Å². The summed E-state index contributed by atoms with van der Waals surface area (Å²) in [5.41, 5.74) is -0.786. The zero-order chi connectivity index (χ0) is 11.9. The topological polar surface area (TPSA) is 56.8 Å². The van der Waals surface area contributed by atoms with Crippen LogP contribution in [-0.2, 0) is 19.0 Å². The Bertz CT molecular complexity index is 188. The quantitative estimate of drug-likeness (QED) is 0.635. The highest BCUT2D eigenvalue weighted by Gasteiger charge is 2.30. The van der Waals surface area contributed by atoms with Gasteiger partial charge < -0.3 is 19.5 Å². The Balaban J connectivity index is 4.12. The molecule has 1 N–H and O–H groups in total. The maximum absolute atomic E-state index is 11.7. The van der Waals surface area contributed by atoms with Crippen LogP contribution in [0.5, 0.6) is 0 Å². The maximum Gasteiger partial charge on any atom is 0.252 e. The van der Waals surface area contributed by atoms with E-state index < -0.39 is 11.9 Å². The molecule has 0 aromatic rings. The van der Waals surface area contributed by atoms with Gasteiger partial charge in [-0.3, -0.25) is 4.79 Å².